The molecule has 0 fully saturated rings. The molecular weight excluding hydrogens is 264 g/mol. The van der Waals surface area contributed by atoms with Gasteiger partial charge in [0.1, 0.15) is 5.60 Å². The van der Waals surface area contributed by atoms with Crippen LogP contribution < -0.4 is 10.6 Å². The Labute approximate surface area is 118 Å². The van der Waals surface area contributed by atoms with Crippen LogP contribution in [0.1, 0.15) is 38.8 Å². The summed E-state index contributed by atoms with van der Waals surface area (Å²) < 4.78 is 5.41. The minimum absolute atomic E-state index is 0.0904. The topological polar surface area (TPSA) is 55.6 Å². The van der Waals surface area contributed by atoms with Gasteiger partial charge < -0.3 is 10.5 Å². The van der Waals surface area contributed by atoms with Crippen molar-refractivity contribution in [2.75, 3.05) is 11.4 Å². The molecule has 1 aliphatic heterocycles. The summed E-state index contributed by atoms with van der Waals surface area (Å²) in [5, 5.41) is 0.625. The van der Waals surface area contributed by atoms with Crippen LogP contribution in [0.25, 0.3) is 0 Å². The summed E-state index contributed by atoms with van der Waals surface area (Å²) in [6.07, 6.45) is 0.357. The highest BCUT2D eigenvalue weighted by Gasteiger charge is 2.30. The van der Waals surface area contributed by atoms with Crippen molar-refractivity contribution in [2.45, 2.75) is 38.8 Å². The number of halogens is 1. The Morgan fingerprint density at radius 1 is 1.47 bits per heavy atom. The van der Waals surface area contributed by atoms with Gasteiger partial charge in [-0.05, 0) is 51.0 Å². The maximum Gasteiger partial charge on any atom is 0.414 e. The lowest BCUT2D eigenvalue weighted by Crippen LogP contribution is -2.41. The molecule has 19 heavy (non-hydrogen) atoms. The van der Waals surface area contributed by atoms with E-state index >= 15 is 0 Å². The number of anilines is 1. The van der Waals surface area contributed by atoms with Crippen LogP contribution in [0.3, 0.4) is 0 Å². The largest absolute Gasteiger partial charge is 0.443 e. The predicted octanol–water partition coefficient (Wildman–Crippen LogP) is 3.49. The van der Waals surface area contributed by atoms with Crippen LogP contribution in [0.4, 0.5) is 10.5 Å². The van der Waals surface area contributed by atoms with Gasteiger partial charge in [0.15, 0.2) is 0 Å². The fraction of sp³-hybridized carbons (Fsp3) is 0.500. The van der Waals surface area contributed by atoms with Crippen molar-refractivity contribution in [3.05, 3.63) is 28.8 Å². The second kappa shape index (κ2) is 5.02. The third-order valence-electron chi connectivity index (χ3n) is 2.96. The molecule has 1 atom stereocenters. The monoisotopic (exact) mass is 282 g/mol. The summed E-state index contributed by atoms with van der Waals surface area (Å²) in [7, 11) is 0. The van der Waals surface area contributed by atoms with Crippen LogP contribution in [0.5, 0.6) is 0 Å². The Balaban J connectivity index is 2.31. The number of amides is 1. The third-order valence-corrected chi connectivity index (χ3v) is 3.19. The molecule has 2 rings (SSSR count). The lowest BCUT2D eigenvalue weighted by Gasteiger charge is -2.34. The van der Waals surface area contributed by atoms with Gasteiger partial charge in [0.25, 0.3) is 0 Å². The molecule has 1 unspecified atom stereocenters. The number of nitrogens with zero attached hydrogens (tertiary/aromatic N) is 1. The molecule has 1 aromatic rings. The Morgan fingerprint density at radius 2 is 2.16 bits per heavy atom. The van der Waals surface area contributed by atoms with Gasteiger partial charge >= 0.3 is 6.09 Å². The Bertz CT molecular complexity index is 497. The smallest absolute Gasteiger partial charge is 0.414 e. The second-order valence-corrected chi connectivity index (χ2v) is 6.17. The van der Waals surface area contributed by atoms with Gasteiger partial charge in [-0.15, -0.1) is 0 Å². The first-order valence-corrected chi connectivity index (χ1v) is 6.71. The van der Waals surface area contributed by atoms with E-state index in [9.17, 15) is 4.79 Å². The maximum absolute atomic E-state index is 12.2. The zero-order valence-corrected chi connectivity index (χ0v) is 12.2. The number of rotatable bonds is 0. The molecule has 0 aromatic heterocycles. The minimum Gasteiger partial charge on any atom is -0.443 e. The van der Waals surface area contributed by atoms with Crippen LogP contribution in [0, 0.1) is 0 Å². The first-order chi connectivity index (χ1) is 8.78. The number of nitrogens with two attached hydrogens (primary N) is 1. The lowest BCUT2D eigenvalue weighted by molar-refractivity contribution is 0.0576. The van der Waals surface area contributed by atoms with Crippen molar-refractivity contribution >= 4 is 23.4 Å². The summed E-state index contributed by atoms with van der Waals surface area (Å²) in [5.74, 6) is 0. The molecule has 104 valence electrons. The fourth-order valence-electron chi connectivity index (χ4n) is 2.12. The molecule has 2 N–H and O–H groups in total. The molecule has 0 bridgehead atoms. The molecule has 0 spiro atoms. The standard InChI is InChI=1S/C14H19ClN2O2/c1-14(2,3)19-13(18)17-7-6-11(16)10-8-9(15)4-5-12(10)17/h4-5,8,11H,6-7,16H2,1-3H3. The average Bonchev–Trinajstić information content (AvgIpc) is 2.27. The molecule has 0 aliphatic carbocycles. The highest BCUT2D eigenvalue weighted by atomic mass is 35.5. The summed E-state index contributed by atoms with van der Waals surface area (Å²) in [5.41, 5.74) is 7.24. The lowest BCUT2D eigenvalue weighted by atomic mass is 9.97. The first-order valence-electron chi connectivity index (χ1n) is 6.33. The number of hydrogen-bond donors (Lipinski definition) is 1. The van der Waals surface area contributed by atoms with Crippen molar-refractivity contribution in [1.82, 2.24) is 0 Å². The van der Waals surface area contributed by atoms with E-state index in [0.717, 1.165) is 11.3 Å². The van der Waals surface area contributed by atoms with E-state index in [0.29, 0.717) is 18.0 Å². The molecule has 4 nitrogen and oxygen atoms in total. The molecule has 1 aromatic carbocycles. The van der Waals surface area contributed by atoms with Crippen LogP contribution in [0.2, 0.25) is 5.02 Å². The van der Waals surface area contributed by atoms with E-state index in [1.807, 2.05) is 32.9 Å². The SMILES string of the molecule is CC(C)(C)OC(=O)N1CCC(N)c2cc(Cl)ccc21. The van der Waals surface area contributed by atoms with Crippen molar-refractivity contribution in [3.63, 3.8) is 0 Å². The molecule has 5 heteroatoms. The van der Waals surface area contributed by atoms with Gasteiger partial charge in [-0.1, -0.05) is 11.6 Å². The number of carbonyl (C=O) groups excluding carboxylic acids is 1. The number of benzene rings is 1. The van der Waals surface area contributed by atoms with Crippen LogP contribution >= 0.6 is 11.6 Å². The fourth-order valence-corrected chi connectivity index (χ4v) is 2.30. The summed E-state index contributed by atoms with van der Waals surface area (Å²) in [4.78, 5) is 13.8. The van der Waals surface area contributed by atoms with E-state index in [2.05, 4.69) is 0 Å². The van der Waals surface area contributed by atoms with E-state index in [1.54, 1.807) is 11.0 Å². The van der Waals surface area contributed by atoms with Gasteiger partial charge in [0, 0.05) is 17.6 Å². The molecule has 0 saturated heterocycles. The summed E-state index contributed by atoms with van der Waals surface area (Å²) >= 11 is 5.99. The second-order valence-electron chi connectivity index (χ2n) is 5.73. The normalized spacial score (nSPS) is 19.0. The average molecular weight is 283 g/mol. The van der Waals surface area contributed by atoms with E-state index in [1.165, 1.54) is 0 Å². The van der Waals surface area contributed by atoms with Crippen molar-refractivity contribution < 1.29 is 9.53 Å². The van der Waals surface area contributed by atoms with E-state index in [4.69, 9.17) is 22.1 Å². The van der Waals surface area contributed by atoms with Gasteiger partial charge in [-0.25, -0.2) is 4.79 Å². The summed E-state index contributed by atoms with van der Waals surface area (Å²) in [6.45, 7) is 6.11. The van der Waals surface area contributed by atoms with Gasteiger partial charge in [-0.3, -0.25) is 4.90 Å². The van der Waals surface area contributed by atoms with Crippen LogP contribution in [0.15, 0.2) is 18.2 Å². The van der Waals surface area contributed by atoms with Crippen LogP contribution in [-0.2, 0) is 4.74 Å². The molecule has 1 amide bonds. The minimum atomic E-state index is -0.511. The van der Waals surface area contributed by atoms with Crippen LogP contribution in [-0.4, -0.2) is 18.2 Å². The van der Waals surface area contributed by atoms with Crippen molar-refractivity contribution in [3.8, 4) is 0 Å². The van der Waals surface area contributed by atoms with E-state index in [-0.39, 0.29) is 12.1 Å². The Kier molecular flexibility index (Phi) is 3.74. The molecule has 1 aliphatic rings. The Morgan fingerprint density at radius 3 is 2.79 bits per heavy atom. The molecule has 1 heterocycles. The van der Waals surface area contributed by atoms with Crippen molar-refractivity contribution in [1.29, 1.82) is 0 Å². The third kappa shape index (κ3) is 3.19. The van der Waals surface area contributed by atoms with Gasteiger partial charge in [0.2, 0.25) is 0 Å². The zero-order valence-electron chi connectivity index (χ0n) is 11.4. The highest BCUT2D eigenvalue weighted by Crippen LogP contribution is 2.35. The highest BCUT2D eigenvalue weighted by molar-refractivity contribution is 6.30. The Hall–Kier alpha value is -1.26. The quantitative estimate of drug-likeness (QED) is 0.792. The number of ether oxygens (including phenoxy) is 1. The molecule has 0 radical (unpaired) electrons. The van der Waals surface area contributed by atoms with Gasteiger partial charge in [0.05, 0.1) is 5.69 Å². The molecule has 0 saturated carbocycles. The number of hydrogen-bond acceptors (Lipinski definition) is 3. The number of fused-ring (bicyclic) bond motifs is 1. The summed E-state index contributed by atoms with van der Waals surface area (Å²) in [6, 6.07) is 5.31. The molecular formula is C14H19ClN2O2. The van der Waals surface area contributed by atoms with Gasteiger partial charge in [-0.2, -0.15) is 0 Å². The zero-order chi connectivity index (χ0) is 14.2. The first kappa shape index (κ1) is 14.2. The van der Waals surface area contributed by atoms with E-state index < -0.39 is 5.60 Å². The van der Waals surface area contributed by atoms with Crippen molar-refractivity contribution in [2.24, 2.45) is 5.73 Å². The number of carbonyl (C=O) groups is 1. The predicted molar refractivity (Wildman–Crippen MR) is 76.6 cm³/mol. The maximum atomic E-state index is 12.2.